The molecule has 2 aromatic rings. The van der Waals surface area contributed by atoms with Gasteiger partial charge in [-0.25, -0.2) is 8.42 Å². The van der Waals surface area contributed by atoms with Gasteiger partial charge in [-0.1, -0.05) is 46.9 Å². The fraction of sp³-hybridized carbons (Fsp3) is 0.552. The molecule has 1 aliphatic heterocycles. The second-order valence-corrected chi connectivity index (χ2v) is 14.7. The number of carbonyl (C=O) groups is 1. The fourth-order valence-electron chi connectivity index (χ4n) is 5.82. The van der Waals surface area contributed by atoms with E-state index in [1.54, 1.807) is 36.5 Å². The monoisotopic (exact) mass is 667 g/mol. The minimum Gasteiger partial charge on any atom is -0.341 e. The van der Waals surface area contributed by atoms with E-state index in [0.29, 0.717) is 60.1 Å². The lowest BCUT2D eigenvalue weighted by atomic mass is 9.77. The molecule has 1 heterocycles. The topological polar surface area (TPSA) is 60.9 Å². The Morgan fingerprint density at radius 3 is 2.10 bits per heavy atom. The summed E-state index contributed by atoms with van der Waals surface area (Å²) in [5.74, 6) is -0.281. The van der Waals surface area contributed by atoms with Crippen LogP contribution >= 0.6 is 34.8 Å². The number of likely N-dealkylation sites (N-methyl/N-ethyl adjacent to an activating group) is 1. The highest BCUT2D eigenvalue weighted by Crippen LogP contribution is 2.38. The van der Waals surface area contributed by atoms with Gasteiger partial charge in [0.15, 0.2) is 0 Å². The molecule has 232 valence electrons. The van der Waals surface area contributed by atoms with Gasteiger partial charge in [-0.15, -0.1) is 0 Å². The molecule has 1 aliphatic carbocycles. The summed E-state index contributed by atoms with van der Waals surface area (Å²) in [6.07, 6.45) is 0.283. The van der Waals surface area contributed by atoms with E-state index in [1.807, 2.05) is 0 Å². The van der Waals surface area contributed by atoms with Gasteiger partial charge in [0, 0.05) is 25.7 Å². The minimum absolute atomic E-state index is 0.0288. The summed E-state index contributed by atoms with van der Waals surface area (Å²) in [7, 11) is -1.73. The van der Waals surface area contributed by atoms with Gasteiger partial charge in [0.2, 0.25) is 15.9 Å². The number of nitrogens with zero attached hydrogens (tertiary/aromatic N) is 3. The highest BCUT2D eigenvalue weighted by molar-refractivity contribution is 7.88. The number of hydrogen-bond donors (Lipinski definition) is 0. The van der Waals surface area contributed by atoms with Crippen molar-refractivity contribution in [3.63, 3.8) is 0 Å². The first-order valence-electron chi connectivity index (χ1n) is 13.8. The third-order valence-electron chi connectivity index (χ3n) is 8.27. The van der Waals surface area contributed by atoms with Crippen LogP contribution in [0.2, 0.25) is 15.1 Å². The lowest BCUT2D eigenvalue weighted by Gasteiger charge is -2.39. The van der Waals surface area contributed by atoms with Crippen LogP contribution in [0, 0.1) is 0 Å². The van der Waals surface area contributed by atoms with Gasteiger partial charge >= 0.3 is 6.18 Å². The van der Waals surface area contributed by atoms with Gasteiger partial charge in [0.1, 0.15) is 0 Å². The van der Waals surface area contributed by atoms with E-state index in [4.69, 9.17) is 34.8 Å². The second kappa shape index (κ2) is 12.8. The number of alkyl halides is 3. The maximum atomic E-state index is 14.0. The predicted molar refractivity (Wildman–Crippen MR) is 161 cm³/mol. The third kappa shape index (κ3) is 7.74. The SMILES string of the molecule is CN(Cc1ccc(Cl)c(C(F)(F)F)c1)C(=O)C(C)(CCN1CCC(N(C2CC2)S(C)(=O)=O)CC1)c1ccc(Cl)c(Cl)c1. The Hall–Kier alpha value is -1.56. The maximum Gasteiger partial charge on any atom is 0.417 e. The van der Waals surface area contributed by atoms with Crippen molar-refractivity contribution >= 4 is 50.7 Å². The number of benzene rings is 2. The molecule has 2 fully saturated rings. The van der Waals surface area contributed by atoms with Crippen molar-refractivity contribution in [3.05, 3.63) is 68.2 Å². The van der Waals surface area contributed by atoms with Gasteiger partial charge in [-0.3, -0.25) is 4.79 Å². The summed E-state index contributed by atoms with van der Waals surface area (Å²) in [6.45, 7) is 3.69. The molecule has 0 N–H and O–H groups in total. The molecule has 6 nitrogen and oxygen atoms in total. The van der Waals surface area contributed by atoms with E-state index in [9.17, 15) is 26.4 Å². The summed E-state index contributed by atoms with van der Waals surface area (Å²) in [5, 5.41) is 0.240. The first kappa shape index (κ1) is 33.3. The normalized spacial score (nSPS) is 18.7. The van der Waals surface area contributed by atoms with E-state index in [0.717, 1.165) is 18.9 Å². The summed E-state index contributed by atoms with van der Waals surface area (Å²) in [5.41, 5.74) is -1.07. The minimum atomic E-state index is -4.62. The number of sulfonamides is 1. The number of amides is 1. The van der Waals surface area contributed by atoms with Crippen LogP contribution in [0.25, 0.3) is 0 Å². The molecule has 0 bridgehead atoms. The Bertz CT molecular complexity index is 1410. The molecule has 0 spiro atoms. The fourth-order valence-corrected chi connectivity index (χ4v) is 7.84. The van der Waals surface area contributed by atoms with Crippen molar-refractivity contribution in [1.29, 1.82) is 0 Å². The number of carbonyl (C=O) groups excluding carboxylic acids is 1. The van der Waals surface area contributed by atoms with Gasteiger partial charge in [-0.05, 0) is 94.1 Å². The molecule has 1 saturated carbocycles. The molecule has 42 heavy (non-hydrogen) atoms. The summed E-state index contributed by atoms with van der Waals surface area (Å²) in [6, 6.07) is 8.74. The molecule has 0 radical (unpaired) electrons. The van der Waals surface area contributed by atoms with Crippen LogP contribution in [0.3, 0.4) is 0 Å². The number of rotatable bonds is 10. The van der Waals surface area contributed by atoms with Crippen LogP contribution in [-0.4, -0.2) is 73.5 Å². The summed E-state index contributed by atoms with van der Waals surface area (Å²) < 4.78 is 66.8. The second-order valence-electron chi connectivity index (χ2n) is 11.6. The largest absolute Gasteiger partial charge is 0.417 e. The smallest absolute Gasteiger partial charge is 0.341 e. The Morgan fingerprint density at radius 1 is 0.952 bits per heavy atom. The van der Waals surface area contributed by atoms with Crippen molar-refractivity contribution < 1.29 is 26.4 Å². The molecular weight excluding hydrogens is 634 g/mol. The lowest BCUT2D eigenvalue weighted by molar-refractivity contribution is -0.137. The first-order valence-corrected chi connectivity index (χ1v) is 16.8. The Kier molecular flexibility index (Phi) is 10.2. The van der Waals surface area contributed by atoms with Crippen molar-refractivity contribution in [3.8, 4) is 0 Å². The Morgan fingerprint density at radius 2 is 1.55 bits per heavy atom. The highest BCUT2D eigenvalue weighted by atomic mass is 35.5. The van der Waals surface area contributed by atoms with E-state index in [1.165, 1.54) is 23.3 Å². The van der Waals surface area contributed by atoms with Crippen molar-refractivity contribution in [1.82, 2.24) is 14.1 Å². The standard InChI is InChI=1S/C29H35Cl3F3N3O3S/c1-28(20-5-9-25(31)26(32)17-20,27(39)36(2)18-19-4-8-24(30)23(16-19)29(33,34)35)12-15-37-13-10-22(11-14-37)38(21-6-7-21)42(3,40)41/h4-5,8-9,16-17,21-22H,6-7,10-15,18H2,1-3H3. The van der Waals surface area contributed by atoms with Crippen LogP contribution in [0.15, 0.2) is 36.4 Å². The molecule has 4 rings (SSSR count). The molecule has 2 aromatic carbocycles. The summed E-state index contributed by atoms with van der Waals surface area (Å²) >= 11 is 18.3. The zero-order valence-electron chi connectivity index (χ0n) is 23.7. The lowest BCUT2D eigenvalue weighted by Crippen LogP contribution is -2.49. The van der Waals surface area contributed by atoms with E-state index in [2.05, 4.69) is 4.90 Å². The first-order chi connectivity index (χ1) is 19.5. The third-order valence-corrected chi connectivity index (χ3v) is 10.7. The average Bonchev–Trinajstić information content (AvgIpc) is 3.73. The van der Waals surface area contributed by atoms with Gasteiger partial charge in [-0.2, -0.15) is 17.5 Å². The van der Waals surface area contributed by atoms with Crippen molar-refractivity contribution in [2.24, 2.45) is 0 Å². The highest BCUT2D eigenvalue weighted by Gasteiger charge is 2.42. The zero-order chi connectivity index (χ0) is 31.0. The van der Waals surface area contributed by atoms with Crippen molar-refractivity contribution in [2.45, 2.75) is 69.2 Å². The van der Waals surface area contributed by atoms with Crippen LogP contribution < -0.4 is 0 Å². The van der Waals surface area contributed by atoms with Gasteiger partial charge in [0.05, 0.1) is 32.3 Å². The van der Waals surface area contributed by atoms with E-state index >= 15 is 0 Å². The predicted octanol–water partition coefficient (Wildman–Crippen LogP) is 6.86. The molecule has 1 saturated heterocycles. The van der Waals surface area contributed by atoms with Crippen LogP contribution in [0.1, 0.15) is 55.7 Å². The van der Waals surface area contributed by atoms with Gasteiger partial charge < -0.3 is 9.80 Å². The molecule has 1 unspecified atom stereocenters. The molecule has 1 atom stereocenters. The van der Waals surface area contributed by atoms with Gasteiger partial charge in [0.25, 0.3) is 0 Å². The molecule has 13 heteroatoms. The number of likely N-dealkylation sites (tertiary alicyclic amines) is 1. The zero-order valence-corrected chi connectivity index (χ0v) is 26.8. The average molecular weight is 669 g/mol. The van der Waals surface area contributed by atoms with Crippen molar-refractivity contribution in [2.75, 3.05) is 32.9 Å². The Labute approximate surface area is 260 Å². The number of hydrogen-bond acceptors (Lipinski definition) is 4. The Balaban J connectivity index is 1.50. The molecule has 2 aliphatic rings. The maximum absolute atomic E-state index is 14.0. The van der Waals surface area contributed by atoms with E-state index < -0.39 is 32.2 Å². The van der Waals surface area contributed by atoms with E-state index in [-0.39, 0.29) is 24.5 Å². The molecule has 0 aromatic heterocycles. The van der Waals surface area contributed by atoms with Crippen LogP contribution in [-0.2, 0) is 33.0 Å². The molecule has 1 amide bonds. The summed E-state index contributed by atoms with van der Waals surface area (Å²) in [4.78, 5) is 17.7. The van der Waals surface area contributed by atoms with Crippen LogP contribution in [0.4, 0.5) is 13.2 Å². The quantitative estimate of drug-likeness (QED) is 0.278. The molecular formula is C29H35Cl3F3N3O3S. The number of piperidine rings is 1. The number of halogens is 6. The van der Waals surface area contributed by atoms with Crippen LogP contribution in [0.5, 0.6) is 0 Å².